The molecular formula is C29H50O2. The Bertz CT molecular complexity index is 675. The standard InChI is InChI=1S/C29H50O2/c1-7-29(31)17-15-21-20(18-29)9-10-23-22(21)14-16-28(6)24(11-12-25(23)28)19(2)8-13-26(30)27(3,4)5/h9,19,21-26,30-31H,7-8,10-18H2,1-6H3/t19-,21+,22?,23-,24-,25+,26?,28-,29+/m1/s1. The van der Waals surface area contributed by atoms with Gasteiger partial charge in [0.2, 0.25) is 0 Å². The second-order valence-corrected chi connectivity index (χ2v) is 13.5. The van der Waals surface area contributed by atoms with Crippen LogP contribution < -0.4 is 0 Å². The van der Waals surface area contributed by atoms with Crippen molar-refractivity contribution < 1.29 is 10.2 Å². The van der Waals surface area contributed by atoms with E-state index < -0.39 is 5.60 Å². The molecule has 0 spiro atoms. The largest absolute Gasteiger partial charge is 0.393 e. The maximum absolute atomic E-state index is 10.9. The highest BCUT2D eigenvalue weighted by Crippen LogP contribution is 2.65. The molecule has 2 heteroatoms. The van der Waals surface area contributed by atoms with E-state index in [1.807, 2.05) is 0 Å². The zero-order chi connectivity index (χ0) is 22.6. The number of hydrogen-bond donors (Lipinski definition) is 2. The lowest BCUT2D eigenvalue weighted by Crippen LogP contribution is -2.48. The summed E-state index contributed by atoms with van der Waals surface area (Å²) in [5.41, 5.74) is 1.68. The van der Waals surface area contributed by atoms with Crippen LogP contribution in [-0.2, 0) is 0 Å². The number of hydrogen-bond acceptors (Lipinski definition) is 2. The maximum atomic E-state index is 10.9. The van der Waals surface area contributed by atoms with Crippen LogP contribution in [0.5, 0.6) is 0 Å². The predicted octanol–water partition coefficient (Wildman–Crippen LogP) is 7.14. The zero-order valence-electron chi connectivity index (χ0n) is 21.3. The van der Waals surface area contributed by atoms with Gasteiger partial charge in [-0.3, -0.25) is 0 Å². The molecule has 0 aromatic rings. The van der Waals surface area contributed by atoms with Gasteiger partial charge >= 0.3 is 0 Å². The summed E-state index contributed by atoms with van der Waals surface area (Å²) in [6.45, 7) is 13.7. The Morgan fingerprint density at radius 2 is 1.81 bits per heavy atom. The van der Waals surface area contributed by atoms with Crippen molar-refractivity contribution in [2.24, 2.45) is 46.3 Å². The van der Waals surface area contributed by atoms with Crippen LogP contribution in [0.2, 0.25) is 0 Å². The molecule has 0 bridgehead atoms. The lowest BCUT2D eigenvalue weighted by Gasteiger charge is -2.55. The molecule has 9 atom stereocenters. The average Bonchev–Trinajstić information content (AvgIpc) is 3.08. The first-order valence-corrected chi connectivity index (χ1v) is 13.6. The number of rotatable bonds is 5. The molecule has 0 aromatic heterocycles. The monoisotopic (exact) mass is 430 g/mol. The predicted molar refractivity (Wildman–Crippen MR) is 130 cm³/mol. The fraction of sp³-hybridized carbons (Fsp3) is 0.931. The van der Waals surface area contributed by atoms with Crippen LogP contribution in [0.4, 0.5) is 0 Å². The molecule has 0 aliphatic heterocycles. The molecule has 31 heavy (non-hydrogen) atoms. The first kappa shape index (κ1) is 23.8. The van der Waals surface area contributed by atoms with Gasteiger partial charge in [-0.05, 0) is 117 Å². The molecule has 178 valence electrons. The average molecular weight is 431 g/mol. The minimum Gasteiger partial charge on any atom is -0.393 e. The summed E-state index contributed by atoms with van der Waals surface area (Å²) >= 11 is 0. The molecule has 2 N–H and O–H groups in total. The van der Waals surface area contributed by atoms with E-state index in [-0.39, 0.29) is 11.5 Å². The Morgan fingerprint density at radius 1 is 1.06 bits per heavy atom. The first-order chi connectivity index (χ1) is 14.5. The SMILES string of the molecule is CC[C@]1(O)CC[C@H]2C(=CC[C@@H]3C2CC[C@]2(C)[C@@H]([C@H](C)CCC(O)C(C)(C)C)CC[C@@H]32)C1. The van der Waals surface area contributed by atoms with E-state index >= 15 is 0 Å². The van der Waals surface area contributed by atoms with Crippen LogP contribution in [-0.4, -0.2) is 21.9 Å². The third-order valence-electron chi connectivity index (χ3n) is 10.9. The molecule has 0 amide bonds. The summed E-state index contributed by atoms with van der Waals surface area (Å²) < 4.78 is 0. The van der Waals surface area contributed by atoms with Crippen molar-refractivity contribution in [1.29, 1.82) is 0 Å². The van der Waals surface area contributed by atoms with Crippen molar-refractivity contribution in [2.75, 3.05) is 0 Å². The van der Waals surface area contributed by atoms with E-state index in [9.17, 15) is 10.2 Å². The lowest BCUT2D eigenvalue weighted by molar-refractivity contribution is -0.0471. The molecule has 4 rings (SSSR count). The van der Waals surface area contributed by atoms with E-state index in [1.165, 1.54) is 44.9 Å². The Balaban J connectivity index is 1.44. The molecule has 3 fully saturated rings. The Labute approximate surface area is 192 Å². The Morgan fingerprint density at radius 3 is 2.48 bits per heavy atom. The van der Waals surface area contributed by atoms with Crippen molar-refractivity contribution in [2.45, 2.75) is 124 Å². The summed E-state index contributed by atoms with van der Waals surface area (Å²) in [7, 11) is 0. The summed E-state index contributed by atoms with van der Waals surface area (Å²) in [5, 5.41) is 21.5. The van der Waals surface area contributed by atoms with E-state index in [4.69, 9.17) is 0 Å². The molecule has 4 aliphatic carbocycles. The van der Waals surface area contributed by atoms with Crippen LogP contribution in [0.1, 0.15) is 112 Å². The molecular weight excluding hydrogens is 380 g/mol. The van der Waals surface area contributed by atoms with E-state index in [2.05, 4.69) is 47.6 Å². The van der Waals surface area contributed by atoms with Crippen molar-refractivity contribution in [1.82, 2.24) is 0 Å². The van der Waals surface area contributed by atoms with E-state index in [1.54, 1.807) is 5.57 Å². The van der Waals surface area contributed by atoms with E-state index in [0.29, 0.717) is 11.3 Å². The minimum atomic E-state index is -0.427. The van der Waals surface area contributed by atoms with Crippen molar-refractivity contribution in [3.63, 3.8) is 0 Å². The second kappa shape index (κ2) is 8.46. The van der Waals surface area contributed by atoms with Gasteiger partial charge in [0.15, 0.2) is 0 Å². The number of fused-ring (bicyclic) bond motifs is 5. The van der Waals surface area contributed by atoms with Gasteiger partial charge in [0.05, 0.1) is 11.7 Å². The fourth-order valence-electron chi connectivity index (χ4n) is 8.70. The third kappa shape index (κ3) is 4.30. The Kier molecular flexibility index (Phi) is 6.50. The van der Waals surface area contributed by atoms with Gasteiger partial charge in [-0.1, -0.05) is 53.2 Å². The van der Waals surface area contributed by atoms with Gasteiger partial charge in [0, 0.05) is 0 Å². The molecule has 2 unspecified atom stereocenters. The molecule has 2 nitrogen and oxygen atoms in total. The smallest absolute Gasteiger partial charge is 0.0682 e. The fourth-order valence-corrected chi connectivity index (χ4v) is 8.70. The first-order valence-electron chi connectivity index (χ1n) is 13.6. The summed E-state index contributed by atoms with van der Waals surface area (Å²) in [6.07, 6.45) is 15.4. The maximum Gasteiger partial charge on any atom is 0.0682 e. The lowest BCUT2D eigenvalue weighted by atomic mass is 9.50. The normalized spacial score (nSPS) is 44.6. The number of allylic oxidation sites excluding steroid dienone is 1. The third-order valence-corrected chi connectivity index (χ3v) is 10.9. The molecule has 3 saturated carbocycles. The molecule has 4 aliphatic rings. The second-order valence-electron chi connectivity index (χ2n) is 13.5. The molecule has 0 aromatic carbocycles. The van der Waals surface area contributed by atoms with Crippen molar-refractivity contribution in [3.8, 4) is 0 Å². The summed E-state index contributed by atoms with van der Waals surface area (Å²) in [6, 6.07) is 0. The molecule has 0 heterocycles. The Hall–Kier alpha value is -0.340. The van der Waals surface area contributed by atoms with Gasteiger partial charge in [-0.15, -0.1) is 0 Å². The van der Waals surface area contributed by atoms with Crippen LogP contribution in [0.3, 0.4) is 0 Å². The highest BCUT2D eigenvalue weighted by molar-refractivity contribution is 5.22. The van der Waals surface area contributed by atoms with Gasteiger partial charge in [0.25, 0.3) is 0 Å². The number of aliphatic hydroxyl groups excluding tert-OH is 1. The summed E-state index contributed by atoms with van der Waals surface area (Å²) in [5.74, 6) is 4.93. The van der Waals surface area contributed by atoms with E-state index in [0.717, 1.165) is 55.3 Å². The highest BCUT2D eigenvalue weighted by atomic mass is 16.3. The van der Waals surface area contributed by atoms with Gasteiger partial charge in [0.1, 0.15) is 0 Å². The van der Waals surface area contributed by atoms with Crippen molar-refractivity contribution >= 4 is 0 Å². The van der Waals surface area contributed by atoms with Crippen LogP contribution in [0, 0.1) is 46.3 Å². The van der Waals surface area contributed by atoms with Crippen LogP contribution in [0.15, 0.2) is 11.6 Å². The summed E-state index contributed by atoms with van der Waals surface area (Å²) in [4.78, 5) is 0. The van der Waals surface area contributed by atoms with Crippen LogP contribution in [0.25, 0.3) is 0 Å². The van der Waals surface area contributed by atoms with Gasteiger partial charge in [-0.25, -0.2) is 0 Å². The highest BCUT2D eigenvalue weighted by Gasteiger charge is 2.57. The topological polar surface area (TPSA) is 40.5 Å². The number of aliphatic hydroxyl groups is 2. The molecule has 0 saturated heterocycles. The van der Waals surface area contributed by atoms with Gasteiger partial charge < -0.3 is 10.2 Å². The van der Waals surface area contributed by atoms with Crippen LogP contribution >= 0.6 is 0 Å². The minimum absolute atomic E-state index is 0.00401. The van der Waals surface area contributed by atoms with Gasteiger partial charge in [-0.2, -0.15) is 0 Å². The molecule has 0 radical (unpaired) electrons. The zero-order valence-corrected chi connectivity index (χ0v) is 21.3. The quantitative estimate of drug-likeness (QED) is 0.455. The van der Waals surface area contributed by atoms with Crippen molar-refractivity contribution in [3.05, 3.63) is 11.6 Å².